The smallest absolute Gasteiger partial charge is 0.410 e. The second-order valence-corrected chi connectivity index (χ2v) is 8.31. The van der Waals surface area contributed by atoms with E-state index in [4.69, 9.17) is 21.7 Å². The lowest BCUT2D eigenvalue weighted by Gasteiger charge is -2.44. The van der Waals surface area contributed by atoms with E-state index >= 15 is 0 Å². The molecule has 6 nitrogen and oxygen atoms in total. The summed E-state index contributed by atoms with van der Waals surface area (Å²) < 4.78 is 11.0. The zero-order valence-electron chi connectivity index (χ0n) is 16.4. The third kappa shape index (κ3) is 4.83. The Balaban J connectivity index is 1.56. The molecule has 2 fully saturated rings. The molecule has 0 saturated carbocycles. The molecule has 0 radical (unpaired) electrons. The summed E-state index contributed by atoms with van der Waals surface area (Å²) in [5.74, 6) is 0.801. The van der Waals surface area contributed by atoms with E-state index in [2.05, 4.69) is 24.1 Å². The molecule has 3 rings (SSSR count). The van der Waals surface area contributed by atoms with Crippen LogP contribution in [0.25, 0.3) is 0 Å². The first-order valence-electron chi connectivity index (χ1n) is 9.61. The van der Waals surface area contributed by atoms with Crippen LogP contribution in [0, 0.1) is 5.41 Å². The van der Waals surface area contributed by atoms with Crippen molar-refractivity contribution in [1.29, 1.82) is 0 Å². The van der Waals surface area contributed by atoms with Gasteiger partial charge in [-0.2, -0.15) is 0 Å². The van der Waals surface area contributed by atoms with Crippen LogP contribution in [-0.2, 0) is 4.74 Å². The number of hydrogen-bond donors (Lipinski definition) is 1. The average Bonchev–Trinajstić information content (AvgIpc) is 2.66. The van der Waals surface area contributed by atoms with Crippen LogP contribution in [-0.4, -0.2) is 59.9 Å². The Kier molecular flexibility index (Phi) is 6.09. The van der Waals surface area contributed by atoms with Gasteiger partial charge in [-0.25, -0.2) is 4.79 Å². The lowest BCUT2D eigenvalue weighted by molar-refractivity contribution is -0.0133. The van der Waals surface area contributed by atoms with Gasteiger partial charge in [-0.1, -0.05) is 26.0 Å². The van der Waals surface area contributed by atoms with Crippen molar-refractivity contribution in [2.75, 3.05) is 38.2 Å². The number of hydrogen-bond acceptors (Lipinski definition) is 4. The van der Waals surface area contributed by atoms with Gasteiger partial charge in [0.15, 0.2) is 5.11 Å². The highest BCUT2D eigenvalue weighted by Crippen LogP contribution is 2.29. The standard InChI is InChI=1S/C20H29N3O3S/c1-4-25-17-8-6-5-7-16(17)21-18(27)22-11-9-15(10-12-22)23-13-20(2,3)14-26-19(23)24/h5-8,15H,4,9-14H2,1-3H3,(H,21,27). The molecular weight excluding hydrogens is 362 g/mol. The third-order valence-corrected chi connectivity index (χ3v) is 5.40. The summed E-state index contributed by atoms with van der Waals surface area (Å²) in [6, 6.07) is 8.03. The van der Waals surface area contributed by atoms with E-state index in [1.165, 1.54) is 0 Å². The van der Waals surface area contributed by atoms with E-state index in [-0.39, 0.29) is 17.6 Å². The number of para-hydroxylation sites is 2. The predicted molar refractivity (Wildman–Crippen MR) is 110 cm³/mol. The fraction of sp³-hybridized carbons (Fsp3) is 0.600. The van der Waals surface area contributed by atoms with Gasteiger partial charge in [0.2, 0.25) is 0 Å². The molecule has 2 saturated heterocycles. The Labute approximate surface area is 166 Å². The lowest BCUT2D eigenvalue weighted by Crippen LogP contribution is -2.55. The number of anilines is 1. The monoisotopic (exact) mass is 391 g/mol. The average molecular weight is 392 g/mol. The highest BCUT2D eigenvalue weighted by atomic mass is 32.1. The number of carbonyl (C=O) groups is 1. The number of piperidine rings is 1. The number of nitrogens with zero attached hydrogens (tertiary/aromatic N) is 2. The van der Waals surface area contributed by atoms with E-state index < -0.39 is 0 Å². The first-order valence-corrected chi connectivity index (χ1v) is 10.0. The van der Waals surface area contributed by atoms with Crippen molar-refractivity contribution in [3.63, 3.8) is 0 Å². The van der Waals surface area contributed by atoms with Crippen molar-refractivity contribution in [2.45, 2.75) is 39.7 Å². The first-order chi connectivity index (χ1) is 12.9. The van der Waals surface area contributed by atoms with E-state index in [1.807, 2.05) is 36.1 Å². The molecule has 0 bridgehead atoms. The molecule has 0 aromatic heterocycles. The molecule has 1 aromatic rings. The van der Waals surface area contributed by atoms with Crippen LogP contribution in [0.3, 0.4) is 0 Å². The van der Waals surface area contributed by atoms with Crippen molar-refractivity contribution >= 4 is 29.1 Å². The van der Waals surface area contributed by atoms with Gasteiger partial charge in [-0.05, 0) is 44.1 Å². The van der Waals surface area contributed by atoms with Gasteiger partial charge in [-0.15, -0.1) is 0 Å². The van der Waals surface area contributed by atoms with Crippen molar-refractivity contribution in [3.8, 4) is 5.75 Å². The Morgan fingerprint density at radius 1 is 1.33 bits per heavy atom. The Hall–Kier alpha value is -2.02. The summed E-state index contributed by atoms with van der Waals surface area (Å²) in [6.07, 6.45) is 1.60. The van der Waals surface area contributed by atoms with Gasteiger partial charge in [0.1, 0.15) is 5.75 Å². The summed E-state index contributed by atoms with van der Waals surface area (Å²) in [7, 11) is 0. The van der Waals surface area contributed by atoms with E-state index in [0.717, 1.165) is 43.9 Å². The number of amides is 1. The van der Waals surface area contributed by atoms with Gasteiger partial charge in [0, 0.05) is 31.1 Å². The predicted octanol–water partition coefficient (Wildman–Crippen LogP) is 3.72. The van der Waals surface area contributed by atoms with Crippen LogP contribution in [0.5, 0.6) is 5.75 Å². The zero-order valence-corrected chi connectivity index (χ0v) is 17.2. The maximum absolute atomic E-state index is 12.2. The largest absolute Gasteiger partial charge is 0.492 e. The van der Waals surface area contributed by atoms with Crippen LogP contribution in [0.1, 0.15) is 33.6 Å². The molecule has 0 atom stereocenters. The van der Waals surface area contributed by atoms with E-state index in [1.54, 1.807) is 0 Å². The molecular formula is C20H29N3O3S. The number of thiocarbonyl (C=S) groups is 1. The number of nitrogens with one attached hydrogen (secondary N) is 1. The third-order valence-electron chi connectivity index (χ3n) is 5.04. The van der Waals surface area contributed by atoms with Gasteiger partial charge >= 0.3 is 6.09 Å². The quantitative estimate of drug-likeness (QED) is 0.790. The van der Waals surface area contributed by atoms with Crippen molar-refractivity contribution in [1.82, 2.24) is 9.80 Å². The Bertz CT molecular complexity index is 687. The Morgan fingerprint density at radius 3 is 2.74 bits per heavy atom. The minimum Gasteiger partial charge on any atom is -0.492 e. The molecule has 0 spiro atoms. The minimum absolute atomic E-state index is 0.00485. The normalized spacial score (nSPS) is 20.2. The fourth-order valence-electron chi connectivity index (χ4n) is 3.62. The minimum atomic E-state index is -0.181. The SMILES string of the molecule is CCOc1ccccc1NC(=S)N1CCC(N2CC(C)(C)COC2=O)CC1. The summed E-state index contributed by atoms with van der Waals surface area (Å²) in [5, 5.41) is 4.00. The van der Waals surface area contributed by atoms with Crippen molar-refractivity contribution in [2.24, 2.45) is 5.41 Å². The molecule has 27 heavy (non-hydrogen) atoms. The van der Waals surface area contributed by atoms with Crippen LogP contribution in [0.4, 0.5) is 10.5 Å². The van der Waals surface area contributed by atoms with Crippen molar-refractivity contribution < 1.29 is 14.3 Å². The summed E-state index contributed by atoms with van der Waals surface area (Å²) >= 11 is 5.61. The fourth-order valence-corrected chi connectivity index (χ4v) is 3.91. The topological polar surface area (TPSA) is 54.0 Å². The van der Waals surface area contributed by atoms with E-state index in [9.17, 15) is 4.79 Å². The number of benzene rings is 1. The molecule has 1 N–H and O–H groups in total. The number of rotatable bonds is 4. The number of cyclic esters (lactones) is 1. The van der Waals surface area contributed by atoms with Gasteiger partial charge in [-0.3, -0.25) is 0 Å². The summed E-state index contributed by atoms with van der Waals surface area (Å²) in [5.41, 5.74) is 0.887. The van der Waals surface area contributed by atoms with Crippen molar-refractivity contribution in [3.05, 3.63) is 24.3 Å². The summed E-state index contributed by atoms with van der Waals surface area (Å²) in [4.78, 5) is 16.2. The van der Waals surface area contributed by atoms with Crippen LogP contribution in [0.2, 0.25) is 0 Å². The van der Waals surface area contributed by atoms with Crippen LogP contribution < -0.4 is 10.1 Å². The molecule has 148 valence electrons. The molecule has 1 amide bonds. The van der Waals surface area contributed by atoms with E-state index in [0.29, 0.717) is 18.3 Å². The molecule has 2 aliphatic rings. The van der Waals surface area contributed by atoms with Gasteiger partial charge < -0.3 is 24.6 Å². The number of carbonyl (C=O) groups excluding carboxylic acids is 1. The summed E-state index contributed by atoms with van der Waals surface area (Å²) in [6.45, 7) is 9.73. The maximum Gasteiger partial charge on any atom is 0.410 e. The first kappa shape index (κ1) is 19.7. The van der Waals surface area contributed by atoms with Gasteiger partial charge in [0.25, 0.3) is 0 Å². The molecule has 0 aliphatic carbocycles. The molecule has 7 heteroatoms. The molecule has 2 heterocycles. The second kappa shape index (κ2) is 8.33. The molecule has 0 unspecified atom stereocenters. The number of ether oxygens (including phenoxy) is 2. The molecule has 2 aliphatic heterocycles. The lowest BCUT2D eigenvalue weighted by atomic mass is 9.91. The maximum atomic E-state index is 12.2. The highest BCUT2D eigenvalue weighted by molar-refractivity contribution is 7.80. The second-order valence-electron chi connectivity index (χ2n) is 7.92. The molecule has 1 aromatic carbocycles. The van der Waals surface area contributed by atoms with Gasteiger partial charge in [0.05, 0.1) is 18.9 Å². The van der Waals surface area contributed by atoms with Crippen LogP contribution in [0.15, 0.2) is 24.3 Å². The van der Waals surface area contributed by atoms with Crippen LogP contribution >= 0.6 is 12.2 Å². The highest BCUT2D eigenvalue weighted by Gasteiger charge is 2.38. The number of likely N-dealkylation sites (tertiary alicyclic amines) is 1. The zero-order chi connectivity index (χ0) is 19.4. The Morgan fingerprint density at radius 2 is 2.04 bits per heavy atom.